The minimum atomic E-state index is -4.60. The van der Waals surface area contributed by atoms with Crippen molar-refractivity contribution in [2.45, 2.75) is 97.4 Å². The molecule has 292 valence electrons. The Kier molecular flexibility index (Phi) is 12.0. The predicted octanol–water partition coefficient (Wildman–Crippen LogP) is 4.46. The van der Waals surface area contributed by atoms with Crippen molar-refractivity contribution in [3.63, 3.8) is 0 Å². The van der Waals surface area contributed by atoms with Gasteiger partial charge >= 0.3 is 25.7 Å². The summed E-state index contributed by atoms with van der Waals surface area (Å²) < 4.78 is 57.3. The first-order chi connectivity index (χ1) is 25.4. The second kappa shape index (κ2) is 16.0. The number of nitriles is 1. The van der Waals surface area contributed by atoms with Crippen molar-refractivity contribution >= 4 is 37.0 Å². The highest BCUT2D eigenvalue weighted by Gasteiger charge is 2.63. The molecule has 3 aromatic rings. The number of rotatable bonds is 12. The van der Waals surface area contributed by atoms with Gasteiger partial charge < -0.3 is 33.9 Å². The number of nitrogens with one attached hydrogen (secondary N) is 1. The summed E-state index contributed by atoms with van der Waals surface area (Å²) in [4.78, 5) is 44.3. The van der Waals surface area contributed by atoms with Gasteiger partial charge in [0.25, 0.3) is 0 Å². The number of hydrogen-bond acceptors (Lipinski definition) is 15. The minimum absolute atomic E-state index is 0.110. The molecule has 0 bridgehead atoms. The van der Waals surface area contributed by atoms with Gasteiger partial charge in [-0.3, -0.25) is 18.9 Å². The highest BCUT2D eigenvalue weighted by atomic mass is 31.2. The predicted molar refractivity (Wildman–Crippen MR) is 191 cm³/mol. The molecule has 2 aliphatic rings. The van der Waals surface area contributed by atoms with Gasteiger partial charge in [0.2, 0.25) is 5.60 Å². The number of ether oxygens (including phenoxy) is 5. The first-order valence-corrected chi connectivity index (χ1v) is 19.0. The first kappa shape index (κ1) is 40.6. The number of nitrogens with zero attached hydrogens (tertiary/aromatic N) is 4. The second-order valence-electron chi connectivity index (χ2n) is 15.2. The fraction of sp³-hybridized carbons (Fsp3) is 0.556. The average Bonchev–Trinajstić information content (AvgIpc) is 3.67. The maximum atomic E-state index is 14.6. The number of anilines is 1. The van der Waals surface area contributed by atoms with E-state index in [9.17, 15) is 24.2 Å². The number of benzene rings is 1. The van der Waals surface area contributed by atoms with Gasteiger partial charge in [-0.25, -0.2) is 14.1 Å². The summed E-state index contributed by atoms with van der Waals surface area (Å²) in [5.41, 5.74) is 2.34. The largest absolute Gasteiger partial charge is 0.461 e. The molecule has 0 saturated carbocycles. The number of fused-ring (bicyclic) bond motifs is 1. The molecule has 0 amide bonds. The molecule has 0 radical (unpaired) electrons. The van der Waals surface area contributed by atoms with Crippen LogP contribution in [0.25, 0.3) is 5.52 Å². The lowest BCUT2D eigenvalue weighted by molar-refractivity contribution is -0.179. The maximum absolute atomic E-state index is 14.6. The second-order valence-corrected chi connectivity index (χ2v) is 16.9. The van der Waals surface area contributed by atoms with Gasteiger partial charge in [-0.05, 0) is 72.7 Å². The molecule has 1 aromatic carbocycles. The van der Waals surface area contributed by atoms with Crippen molar-refractivity contribution in [2.24, 2.45) is 10.8 Å². The monoisotopic (exact) mass is 770 g/mol. The van der Waals surface area contributed by atoms with E-state index < -0.39 is 79.2 Å². The summed E-state index contributed by atoms with van der Waals surface area (Å²) >= 11 is 0. The number of nitrogens with two attached hydrogens (primary N) is 1. The third-order valence-corrected chi connectivity index (χ3v) is 10.3. The third-order valence-electron chi connectivity index (χ3n) is 8.66. The Hall–Kier alpha value is -4.59. The van der Waals surface area contributed by atoms with Crippen LogP contribution in [0.15, 0.2) is 48.8 Å². The summed E-state index contributed by atoms with van der Waals surface area (Å²) in [7, 11) is -4.60. The lowest BCUT2D eigenvalue weighted by atomic mass is 9.92. The van der Waals surface area contributed by atoms with Crippen LogP contribution in [-0.2, 0) is 47.2 Å². The van der Waals surface area contributed by atoms with Gasteiger partial charge in [-0.2, -0.15) is 15.4 Å². The fourth-order valence-corrected chi connectivity index (χ4v) is 7.08. The molecule has 3 N–H and O–H groups in total. The fourth-order valence-electron chi connectivity index (χ4n) is 5.56. The molecule has 2 aliphatic heterocycles. The van der Waals surface area contributed by atoms with Crippen molar-refractivity contribution in [1.29, 1.82) is 5.26 Å². The molecule has 2 fully saturated rings. The molecule has 4 heterocycles. The van der Waals surface area contributed by atoms with E-state index in [2.05, 4.69) is 21.2 Å². The number of aromatic nitrogens is 3. The molecule has 2 saturated heterocycles. The van der Waals surface area contributed by atoms with Gasteiger partial charge in [0.15, 0.2) is 18.0 Å². The Morgan fingerprint density at radius 3 is 2.31 bits per heavy atom. The highest BCUT2D eigenvalue weighted by molar-refractivity contribution is 7.52. The van der Waals surface area contributed by atoms with Crippen molar-refractivity contribution < 1.29 is 51.7 Å². The number of para-hydroxylation sites is 1. The molecule has 0 aliphatic carbocycles. The smallest absolute Gasteiger partial charge is 0.459 e. The Bertz CT molecular complexity index is 1920. The Balaban J connectivity index is 1.55. The van der Waals surface area contributed by atoms with Crippen molar-refractivity contribution in [3.8, 4) is 11.8 Å². The van der Waals surface area contributed by atoms with Crippen LogP contribution in [0, 0.1) is 22.2 Å². The maximum Gasteiger partial charge on any atom is 0.459 e. The van der Waals surface area contributed by atoms with E-state index >= 15 is 0 Å². The summed E-state index contributed by atoms with van der Waals surface area (Å²) in [6.07, 6.45) is -2.61. The molecule has 0 unspecified atom stereocenters. The summed E-state index contributed by atoms with van der Waals surface area (Å²) in [6.45, 7) is 11.1. The standard InChI is InChI=1S/C36H47N6O11P/c1-22(31(43)49-23-15-17-47-18-16-23)41-54(46,53-24-11-9-8-10-12-24)48-20-36(19-37)29(51-33(45)35(5,6)7)28(50-32(44)34(2,3)4)27(52-36)25-13-14-26-30(38)39-21-40-42(25)26/h8-14,21-23,27-29H,15-18,20H2,1-7H3,(H,41,46)(H2,38,39,40)/t22-,27-,28-,29-,36+,54-/m0/s1. The van der Waals surface area contributed by atoms with Crippen LogP contribution < -0.4 is 15.3 Å². The zero-order valence-corrected chi connectivity index (χ0v) is 32.2. The van der Waals surface area contributed by atoms with Gasteiger partial charge in [-0.1, -0.05) is 18.2 Å². The van der Waals surface area contributed by atoms with Gasteiger partial charge in [-0.15, -0.1) is 0 Å². The van der Waals surface area contributed by atoms with Gasteiger partial charge in [0.1, 0.15) is 48.5 Å². The number of nitrogen functional groups attached to an aromatic ring is 1. The Morgan fingerprint density at radius 1 is 1.04 bits per heavy atom. The van der Waals surface area contributed by atoms with Gasteiger partial charge in [0.05, 0.1) is 29.7 Å². The molecule has 17 nitrogen and oxygen atoms in total. The van der Waals surface area contributed by atoms with E-state index in [1.807, 2.05) is 0 Å². The van der Waals surface area contributed by atoms with Crippen molar-refractivity contribution in [3.05, 3.63) is 54.5 Å². The van der Waals surface area contributed by atoms with Crippen LogP contribution in [0.2, 0.25) is 0 Å². The molecule has 2 aromatic heterocycles. The number of carbonyl (C=O) groups excluding carboxylic acids is 3. The van der Waals surface area contributed by atoms with E-state index in [1.54, 1.807) is 71.9 Å². The minimum Gasteiger partial charge on any atom is -0.461 e. The van der Waals surface area contributed by atoms with Crippen LogP contribution >= 0.6 is 7.75 Å². The molecule has 5 rings (SSSR count). The first-order valence-electron chi connectivity index (χ1n) is 17.5. The average molecular weight is 771 g/mol. The lowest BCUT2D eigenvalue weighted by Gasteiger charge is -2.32. The molecule has 0 spiro atoms. The SMILES string of the molecule is C[C@H](N[P@](=O)(OC[C@@]1(C#N)O[C@@H](c2ccc3c(N)ncnn23)[C@H](OC(=O)C(C)(C)C)[C@@H]1OC(=O)C(C)(C)C)Oc1ccccc1)C(=O)OC1CCOCC1. The van der Waals surface area contributed by atoms with E-state index in [-0.39, 0.29) is 17.3 Å². The summed E-state index contributed by atoms with van der Waals surface area (Å²) in [6, 6.07) is 12.1. The Labute approximate surface area is 313 Å². The summed E-state index contributed by atoms with van der Waals surface area (Å²) in [5, 5.41) is 17.9. The number of esters is 3. The van der Waals surface area contributed by atoms with Gasteiger partial charge in [0, 0.05) is 12.8 Å². The van der Waals surface area contributed by atoms with Crippen LogP contribution in [-0.4, -0.2) is 82.3 Å². The van der Waals surface area contributed by atoms with E-state index in [0.717, 1.165) is 0 Å². The molecule has 54 heavy (non-hydrogen) atoms. The van der Waals surface area contributed by atoms with Crippen LogP contribution in [0.1, 0.15) is 73.1 Å². The normalized spacial score (nSPS) is 23.9. The topological polar surface area (TPSA) is 225 Å². The van der Waals surface area contributed by atoms with Crippen LogP contribution in [0.5, 0.6) is 5.75 Å². The zero-order chi connectivity index (χ0) is 39.5. The van der Waals surface area contributed by atoms with E-state index in [4.69, 9.17) is 38.5 Å². The Morgan fingerprint density at radius 2 is 1.69 bits per heavy atom. The van der Waals surface area contributed by atoms with E-state index in [1.165, 1.54) is 29.9 Å². The number of carbonyl (C=O) groups is 3. The third kappa shape index (κ3) is 9.19. The molecule has 18 heteroatoms. The lowest BCUT2D eigenvalue weighted by Crippen LogP contribution is -2.51. The molecule has 6 atom stereocenters. The molecular formula is C36H47N6O11P. The van der Waals surface area contributed by atoms with E-state index in [0.29, 0.717) is 31.6 Å². The van der Waals surface area contributed by atoms with Crippen molar-refractivity contribution in [1.82, 2.24) is 19.7 Å². The highest BCUT2D eigenvalue weighted by Crippen LogP contribution is 2.50. The summed E-state index contributed by atoms with van der Waals surface area (Å²) in [5.74, 6) is -1.93. The van der Waals surface area contributed by atoms with Crippen LogP contribution in [0.4, 0.5) is 5.82 Å². The van der Waals surface area contributed by atoms with Crippen molar-refractivity contribution in [2.75, 3.05) is 25.6 Å². The molecular weight excluding hydrogens is 723 g/mol. The zero-order valence-electron chi connectivity index (χ0n) is 31.3. The quantitative estimate of drug-likeness (QED) is 0.147. The number of hydrogen-bond donors (Lipinski definition) is 2. The van der Waals surface area contributed by atoms with Crippen LogP contribution in [0.3, 0.4) is 0 Å².